The Morgan fingerprint density at radius 3 is 3.25 bits per heavy atom. The number of morpholine rings is 1. The topological polar surface area (TPSA) is 50.4 Å². The third-order valence-corrected chi connectivity index (χ3v) is 3.60. The molecule has 0 bridgehead atoms. The molecule has 2 atom stereocenters. The maximum atomic E-state index is 11.8. The van der Waals surface area contributed by atoms with Gasteiger partial charge in [0.2, 0.25) is 0 Å². The molecular formula is C11H16N2O2S. The molecule has 0 radical (unpaired) electrons. The van der Waals surface area contributed by atoms with E-state index in [0.29, 0.717) is 13.2 Å². The molecule has 2 N–H and O–H groups in total. The second-order valence-electron chi connectivity index (χ2n) is 3.81. The van der Waals surface area contributed by atoms with Gasteiger partial charge in [-0.25, -0.2) is 0 Å². The molecule has 1 aromatic rings. The van der Waals surface area contributed by atoms with E-state index in [1.165, 1.54) is 0 Å². The van der Waals surface area contributed by atoms with E-state index in [4.69, 9.17) is 4.74 Å². The zero-order chi connectivity index (χ0) is 11.4. The molecule has 0 aromatic carbocycles. The molecule has 1 aliphatic rings. The minimum Gasteiger partial charge on any atom is -0.366 e. The molecule has 1 aromatic heterocycles. The monoisotopic (exact) mass is 240 g/mol. The van der Waals surface area contributed by atoms with Crippen LogP contribution in [-0.2, 0) is 9.53 Å². The molecule has 88 valence electrons. The summed E-state index contributed by atoms with van der Waals surface area (Å²) >= 11 is 1.65. The molecular weight excluding hydrogens is 224 g/mol. The molecule has 5 heteroatoms. The minimum absolute atomic E-state index is 0.0342. The summed E-state index contributed by atoms with van der Waals surface area (Å²) in [5.41, 5.74) is 0. The third kappa shape index (κ3) is 2.81. The molecule has 16 heavy (non-hydrogen) atoms. The zero-order valence-corrected chi connectivity index (χ0v) is 10.0. The summed E-state index contributed by atoms with van der Waals surface area (Å²) in [6.07, 6.45) is -0.351. The van der Waals surface area contributed by atoms with Gasteiger partial charge in [0.1, 0.15) is 6.10 Å². The predicted octanol–water partition coefficient (Wildman–Crippen LogP) is 0.914. The van der Waals surface area contributed by atoms with Crippen LogP contribution in [0.2, 0.25) is 0 Å². The first-order valence-corrected chi connectivity index (χ1v) is 6.31. The van der Waals surface area contributed by atoms with E-state index in [9.17, 15) is 4.79 Å². The Labute approximate surface area is 99.0 Å². The van der Waals surface area contributed by atoms with Gasteiger partial charge in [-0.1, -0.05) is 6.07 Å². The summed E-state index contributed by atoms with van der Waals surface area (Å²) in [6.45, 7) is 4.01. The molecule has 1 saturated heterocycles. The van der Waals surface area contributed by atoms with Crippen molar-refractivity contribution in [1.82, 2.24) is 10.6 Å². The number of hydrogen-bond donors (Lipinski definition) is 2. The van der Waals surface area contributed by atoms with E-state index in [1.807, 2.05) is 24.4 Å². The van der Waals surface area contributed by atoms with Crippen LogP contribution >= 0.6 is 11.3 Å². The van der Waals surface area contributed by atoms with Gasteiger partial charge >= 0.3 is 0 Å². The van der Waals surface area contributed by atoms with Crippen LogP contribution in [-0.4, -0.2) is 31.7 Å². The largest absolute Gasteiger partial charge is 0.366 e. The van der Waals surface area contributed by atoms with Gasteiger partial charge in [0.05, 0.1) is 12.6 Å². The summed E-state index contributed by atoms with van der Waals surface area (Å²) in [5, 5.41) is 8.11. The van der Waals surface area contributed by atoms with Crippen molar-refractivity contribution in [2.75, 3.05) is 19.7 Å². The van der Waals surface area contributed by atoms with Crippen molar-refractivity contribution in [3.8, 4) is 0 Å². The highest BCUT2D eigenvalue weighted by molar-refractivity contribution is 7.10. The molecule has 2 heterocycles. The molecule has 0 saturated carbocycles. The highest BCUT2D eigenvalue weighted by Gasteiger charge is 2.23. The standard InChI is InChI=1S/C11H16N2O2S/c1-8(10-3-2-6-16-10)13-11(14)9-7-12-4-5-15-9/h2-3,6,8-9,12H,4-5,7H2,1H3,(H,13,14)/t8-,9?/m0/s1. The zero-order valence-electron chi connectivity index (χ0n) is 9.23. The molecule has 1 unspecified atom stereocenters. The van der Waals surface area contributed by atoms with Crippen molar-refractivity contribution in [3.05, 3.63) is 22.4 Å². The molecule has 1 amide bonds. The van der Waals surface area contributed by atoms with Gasteiger partial charge in [-0.05, 0) is 18.4 Å². The van der Waals surface area contributed by atoms with Crippen LogP contribution in [0.3, 0.4) is 0 Å². The first-order valence-electron chi connectivity index (χ1n) is 5.43. The van der Waals surface area contributed by atoms with Crippen LogP contribution in [0.5, 0.6) is 0 Å². The number of hydrogen-bond acceptors (Lipinski definition) is 4. The van der Waals surface area contributed by atoms with Crippen molar-refractivity contribution in [2.45, 2.75) is 19.1 Å². The highest BCUT2D eigenvalue weighted by atomic mass is 32.1. The average molecular weight is 240 g/mol. The van der Waals surface area contributed by atoms with Crippen LogP contribution in [0, 0.1) is 0 Å². The Bertz CT molecular complexity index is 334. The molecule has 1 aliphatic heterocycles. The summed E-state index contributed by atoms with van der Waals surface area (Å²) in [7, 11) is 0. The summed E-state index contributed by atoms with van der Waals surface area (Å²) in [4.78, 5) is 13.0. The second-order valence-corrected chi connectivity index (χ2v) is 4.79. The van der Waals surface area contributed by atoms with Crippen LogP contribution < -0.4 is 10.6 Å². The number of carbonyl (C=O) groups excluding carboxylic acids is 1. The van der Waals surface area contributed by atoms with E-state index >= 15 is 0 Å². The van der Waals surface area contributed by atoms with E-state index in [0.717, 1.165) is 11.4 Å². The van der Waals surface area contributed by atoms with E-state index in [-0.39, 0.29) is 18.1 Å². The van der Waals surface area contributed by atoms with Gasteiger partial charge in [-0.15, -0.1) is 11.3 Å². The van der Waals surface area contributed by atoms with E-state index < -0.39 is 0 Å². The summed E-state index contributed by atoms with van der Waals surface area (Å²) < 4.78 is 5.39. The smallest absolute Gasteiger partial charge is 0.250 e. The van der Waals surface area contributed by atoms with Gasteiger partial charge < -0.3 is 15.4 Å². The lowest BCUT2D eigenvalue weighted by atomic mass is 10.2. The Kier molecular flexibility index (Phi) is 3.93. The highest BCUT2D eigenvalue weighted by Crippen LogP contribution is 2.18. The van der Waals surface area contributed by atoms with Gasteiger partial charge in [-0.2, -0.15) is 0 Å². The quantitative estimate of drug-likeness (QED) is 0.826. The normalized spacial score (nSPS) is 22.7. The first kappa shape index (κ1) is 11.6. The Balaban J connectivity index is 1.86. The summed E-state index contributed by atoms with van der Waals surface area (Å²) in [5.74, 6) is -0.0342. The fourth-order valence-corrected chi connectivity index (χ4v) is 2.38. The van der Waals surface area contributed by atoms with Crippen LogP contribution in [0.25, 0.3) is 0 Å². The second kappa shape index (κ2) is 5.43. The minimum atomic E-state index is -0.351. The molecule has 0 spiro atoms. The number of rotatable bonds is 3. The Morgan fingerprint density at radius 1 is 1.75 bits per heavy atom. The average Bonchev–Trinajstić information content (AvgIpc) is 2.83. The summed E-state index contributed by atoms with van der Waals surface area (Å²) in [6, 6.07) is 4.06. The lowest BCUT2D eigenvalue weighted by Crippen LogP contribution is -2.48. The van der Waals surface area contributed by atoms with E-state index in [2.05, 4.69) is 10.6 Å². The van der Waals surface area contributed by atoms with Crippen molar-refractivity contribution in [3.63, 3.8) is 0 Å². The van der Waals surface area contributed by atoms with Gasteiger partial charge in [-0.3, -0.25) is 4.79 Å². The first-order chi connectivity index (χ1) is 7.77. The number of amides is 1. The molecule has 0 aliphatic carbocycles. The lowest BCUT2D eigenvalue weighted by Gasteiger charge is -2.24. The van der Waals surface area contributed by atoms with Gasteiger partial charge in [0.25, 0.3) is 5.91 Å². The Morgan fingerprint density at radius 2 is 2.62 bits per heavy atom. The van der Waals surface area contributed by atoms with Crippen molar-refractivity contribution in [2.24, 2.45) is 0 Å². The van der Waals surface area contributed by atoms with Crippen LogP contribution in [0.15, 0.2) is 17.5 Å². The third-order valence-electron chi connectivity index (χ3n) is 2.55. The van der Waals surface area contributed by atoms with Gasteiger partial charge in [0, 0.05) is 18.0 Å². The maximum absolute atomic E-state index is 11.8. The number of carbonyl (C=O) groups is 1. The van der Waals surface area contributed by atoms with E-state index in [1.54, 1.807) is 11.3 Å². The fourth-order valence-electron chi connectivity index (χ4n) is 1.65. The van der Waals surface area contributed by atoms with Crippen LogP contribution in [0.4, 0.5) is 0 Å². The number of nitrogens with one attached hydrogen (secondary N) is 2. The van der Waals surface area contributed by atoms with Crippen molar-refractivity contribution >= 4 is 17.2 Å². The Hall–Kier alpha value is -0.910. The molecule has 1 fully saturated rings. The predicted molar refractivity (Wildman–Crippen MR) is 63.5 cm³/mol. The van der Waals surface area contributed by atoms with Crippen molar-refractivity contribution in [1.29, 1.82) is 0 Å². The number of ether oxygens (including phenoxy) is 1. The van der Waals surface area contributed by atoms with Crippen LogP contribution in [0.1, 0.15) is 17.8 Å². The van der Waals surface area contributed by atoms with Crippen molar-refractivity contribution < 1.29 is 9.53 Å². The number of thiophene rings is 1. The molecule has 4 nitrogen and oxygen atoms in total. The lowest BCUT2D eigenvalue weighted by molar-refractivity contribution is -0.134. The SMILES string of the molecule is C[C@H](NC(=O)C1CNCCO1)c1cccs1. The molecule has 2 rings (SSSR count). The fraction of sp³-hybridized carbons (Fsp3) is 0.545. The van der Waals surface area contributed by atoms with Gasteiger partial charge in [0.15, 0.2) is 0 Å². The maximum Gasteiger partial charge on any atom is 0.250 e.